The van der Waals surface area contributed by atoms with Crippen LogP contribution in [0.4, 0.5) is 10.5 Å². The van der Waals surface area contributed by atoms with E-state index >= 15 is 0 Å². The van der Waals surface area contributed by atoms with Crippen molar-refractivity contribution in [2.45, 2.75) is 36.4 Å². The van der Waals surface area contributed by atoms with Gasteiger partial charge in [0.15, 0.2) is 6.29 Å². The van der Waals surface area contributed by atoms with Crippen LogP contribution in [0.3, 0.4) is 0 Å². The van der Waals surface area contributed by atoms with Crippen LogP contribution in [0, 0.1) is 0 Å². The number of carbonyl (C=O) groups excluding carboxylic acids is 1. The Morgan fingerprint density at radius 3 is 2.50 bits per heavy atom. The second-order valence-corrected chi connectivity index (χ2v) is 9.72. The topological polar surface area (TPSA) is 114 Å². The van der Waals surface area contributed by atoms with Crippen molar-refractivity contribution in [2.24, 2.45) is 0 Å². The third-order valence-electron chi connectivity index (χ3n) is 5.89. The van der Waals surface area contributed by atoms with Gasteiger partial charge in [0, 0.05) is 28.3 Å². The average Bonchev–Trinajstić information content (AvgIpc) is 2.95. The smallest absolute Gasteiger partial charge is 0.411 e. The summed E-state index contributed by atoms with van der Waals surface area (Å²) in [6.07, 6.45) is 0.409. The predicted octanol–water partition coefficient (Wildman–Crippen LogP) is 5.95. The van der Waals surface area contributed by atoms with E-state index in [1.165, 1.54) is 6.08 Å². The van der Waals surface area contributed by atoms with Gasteiger partial charge < -0.3 is 24.4 Å². The van der Waals surface area contributed by atoms with Crippen LogP contribution in [0.15, 0.2) is 90.3 Å². The highest BCUT2D eigenvalue weighted by Gasteiger charge is 2.32. The molecule has 1 aliphatic rings. The second kappa shape index (κ2) is 13.3. The molecular weight excluding hydrogens is 506 g/mol. The first-order valence-electron chi connectivity index (χ1n) is 12.1. The van der Waals surface area contributed by atoms with Crippen molar-refractivity contribution in [3.8, 4) is 0 Å². The number of thioether (sulfide) groups is 1. The van der Waals surface area contributed by atoms with Gasteiger partial charge in [0.2, 0.25) is 0 Å². The minimum atomic E-state index is -0.960. The number of carboxylic acid groups (broad SMARTS) is 1. The molecule has 198 valence electrons. The first kappa shape index (κ1) is 27.4. The Labute approximate surface area is 225 Å². The van der Waals surface area contributed by atoms with Gasteiger partial charge in [-0.15, -0.1) is 11.8 Å². The van der Waals surface area contributed by atoms with Gasteiger partial charge >= 0.3 is 12.1 Å². The Morgan fingerprint density at radius 2 is 1.82 bits per heavy atom. The van der Waals surface area contributed by atoms with Crippen LogP contribution in [-0.2, 0) is 20.8 Å². The molecule has 1 heterocycles. The van der Waals surface area contributed by atoms with E-state index in [0.29, 0.717) is 17.9 Å². The summed E-state index contributed by atoms with van der Waals surface area (Å²) in [5, 5.41) is 21.2. The predicted molar refractivity (Wildman–Crippen MR) is 144 cm³/mol. The van der Waals surface area contributed by atoms with E-state index in [-0.39, 0.29) is 31.0 Å². The first-order chi connectivity index (χ1) is 18.4. The molecule has 0 aromatic heterocycles. The van der Waals surface area contributed by atoms with Gasteiger partial charge in [-0.25, -0.2) is 9.59 Å². The van der Waals surface area contributed by atoms with Gasteiger partial charge in [-0.3, -0.25) is 5.32 Å². The van der Waals surface area contributed by atoms with Crippen molar-refractivity contribution in [3.63, 3.8) is 0 Å². The third-order valence-corrected chi connectivity index (χ3v) is 7.03. The lowest BCUT2D eigenvalue weighted by Gasteiger charge is -2.36. The number of aliphatic hydroxyl groups is 1. The summed E-state index contributed by atoms with van der Waals surface area (Å²) < 4.78 is 17.7. The van der Waals surface area contributed by atoms with Crippen LogP contribution < -0.4 is 5.32 Å². The lowest BCUT2D eigenvalue weighted by Crippen LogP contribution is -2.31. The number of anilines is 1. The van der Waals surface area contributed by atoms with Gasteiger partial charge in [0.05, 0.1) is 24.4 Å². The van der Waals surface area contributed by atoms with Gasteiger partial charge in [0.1, 0.15) is 6.61 Å². The highest BCUT2D eigenvalue weighted by molar-refractivity contribution is 7.99. The summed E-state index contributed by atoms with van der Waals surface area (Å²) in [6, 6.07) is 21.6. The van der Waals surface area contributed by atoms with Gasteiger partial charge in [-0.1, -0.05) is 49.1 Å². The average molecular weight is 536 g/mol. The van der Waals surface area contributed by atoms with Crippen LogP contribution in [0.25, 0.3) is 0 Å². The highest BCUT2D eigenvalue weighted by Crippen LogP contribution is 2.40. The molecule has 1 aliphatic heterocycles. The summed E-state index contributed by atoms with van der Waals surface area (Å²) in [5.74, 6) is -0.332. The van der Waals surface area contributed by atoms with E-state index in [4.69, 9.17) is 19.3 Å². The molecule has 0 bridgehead atoms. The molecule has 3 N–H and O–H groups in total. The Kier molecular flexibility index (Phi) is 9.56. The molecule has 38 heavy (non-hydrogen) atoms. The van der Waals surface area contributed by atoms with Crippen molar-refractivity contribution < 1.29 is 34.0 Å². The maximum absolute atomic E-state index is 12.0. The monoisotopic (exact) mass is 535 g/mol. The highest BCUT2D eigenvalue weighted by atomic mass is 32.2. The molecule has 3 aromatic carbocycles. The summed E-state index contributed by atoms with van der Waals surface area (Å²) in [4.78, 5) is 24.1. The summed E-state index contributed by atoms with van der Waals surface area (Å²) >= 11 is 1.58. The number of carboxylic acids is 1. The SMILES string of the molecule is C=CCOC(=O)Nc1cccc([C@@H]2O[C@H](CSc3ccc(C(=O)O)cc3)C[C@H](c3ccc(CO)cc3)O2)c1. The van der Waals surface area contributed by atoms with Crippen LogP contribution in [0.1, 0.15) is 45.9 Å². The maximum atomic E-state index is 12.0. The fourth-order valence-corrected chi connectivity index (χ4v) is 4.88. The van der Waals surface area contributed by atoms with Crippen molar-refractivity contribution in [3.05, 3.63) is 108 Å². The fourth-order valence-electron chi connectivity index (χ4n) is 3.96. The fraction of sp³-hybridized carbons (Fsp3) is 0.241. The zero-order valence-corrected chi connectivity index (χ0v) is 21.4. The number of benzene rings is 3. The van der Waals surface area contributed by atoms with Crippen LogP contribution in [-0.4, -0.2) is 40.7 Å². The van der Waals surface area contributed by atoms with E-state index in [9.17, 15) is 14.7 Å². The van der Waals surface area contributed by atoms with Crippen LogP contribution in [0.2, 0.25) is 0 Å². The molecule has 0 saturated carbocycles. The van der Waals surface area contributed by atoms with E-state index in [0.717, 1.165) is 21.6 Å². The number of nitrogens with one attached hydrogen (secondary N) is 1. The van der Waals surface area contributed by atoms with Gasteiger partial charge in [0.25, 0.3) is 0 Å². The molecule has 1 amide bonds. The molecule has 1 fully saturated rings. The Hall–Kier alpha value is -3.63. The van der Waals surface area contributed by atoms with Crippen molar-refractivity contribution in [1.82, 2.24) is 0 Å². The number of ether oxygens (including phenoxy) is 3. The third kappa shape index (κ3) is 7.45. The number of aromatic carboxylic acids is 1. The Bertz CT molecular complexity index is 1250. The summed E-state index contributed by atoms with van der Waals surface area (Å²) in [6.45, 7) is 3.60. The molecule has 0 spiro atoms. The molecule has 1 saturated heterocycles. The zero-order valence-electron chi connectivity index (χ0n) is 20.6. The number of hydrogen-bond acceptors (Lipinski definition) is 7. The maximum Gasteiger partial charge on any atom is 0.411 e. The number of rotatable bonds is 10. The molecule has 0 unspecified atom stereocenters. The molecule has 0 radical (unpaired) electrons. The molecule has 3 atom stereocenters. The first-order valence-corrected chi connectivity index (χ1v) is 13.0. The van der Waals surface area contributed by atoms with Crippen molar-refractivity contribution in [1.29, 1.82) is 0 Å². The van der Waals surface area contributed by atoms with E-state index in [2.05, 4.69) is 11.9 Å². The standard InChI is InChI=1S/C29H29NO7S/c1-2-14-35-29(34)30-23-5-3-4-22(15-23)28-36-24(18-38-25-12-10-21(11-13-25)27(32)33)16-26(37-28)20-8-6-19(17-31)7-9-20/h2-13,15,24,26,28,31H,1,14,16-18H2,(H,30,34)(H,32,33)/t24-,26+,28+/m0/s1. The normalized spacial score (nSPS) is 18.9. The van der Waals surface area contributed by atoms with Crippen molar-refractivity contribution >= 4 is 29.5 Å². The Balaban J connectivity index is 1.51. The molecular formula is C29H29NO7S. The molecule has 3 aromatic rings. The van der Waals surface area contributed by atoms with E-state index < -0.39 is 18.4 Å². The molecule has 0 aliphatic carbocycles. The van der Waals surface area contributed by atoms with Crippen LogP contribution >= 0.6 is 11.8 Å². The largest absolute Gasteiger partial charge is 0.478 e. The number of hydrogen-bond donors (Lipinski definition) is 3. The van der Waals surface area contributed by atoms with Gasteiger partial charge in [-0.2, -0.15) is 0 Å². The second-order valence-electron chi connectivity index (χ2n) is 8.63. The van der Waals surface area contributed by atoms with Gasteiger partial charge in [-0.05, 0) is 47.5 Å². The summed E-state index contributed by atoms with van der Waals surface area (Å²) in [7, 11) is 0. The quantitative estimate of drug-likeness (QED) is 0.216. The number of carbonyl (C=O) groups is 2. The van der Waals surface area contributed by atoms with Crippen LogP contribution in [0.5, 0.6) is 0 Å². The molecule has 8 nitrogen and oxygen atoms in total. The lowest BCUT2D eigenvalue weighted by atomic mass is 10.0. The van der Waals surface area contributed by atoms with Crippen molar-refractivity contribution in [2.75, 3.05) is 17.7 Å². The number of aliphatic hydroxyl groups excluding tert-OH is 1. The van der Waals surface area contributed by atoms with E-state index in [1.54, 1.807) is 54.2 Å². The Morgan fingerprint density at radius 1 is 1.05 bits per heavy atom. The lowest BCUT2D eigenvalue weighted by molar-refractivity contribution is -0.245. The molecule has 9 heteroatoms. The number of amides is 1. The summed E-state index contributed by atoms with van der Waals surface area (Å²) in [5.41, 5.74) is 3.31. The minimum absolute atomic E-state index is 0.0352. The minimum Gasteiger partial charge on any atom is -0.478 e. The zero-order chi connectivity index (χ0) is 26.9. The molecule has 4 rings (SSSR count). The van der Waals surface area contributed by atoms with E-state index in [1.807, 2.05) is 30.3 Å².